The van der Waals surface area contributed by atoms with E-state index in [1.807, 2.05) is 53.7 Å². The average Bonchev–Trinajstić information content (AvgIpc) is 2.78. The van der Waals surface area contributed by atoms with Crippen molar-refractivity contribution in [3.63, 3.8) is 0 Å². The summed E-state index contributed by atoms with van der Waals surface area (Å²) in [6, 6.07) is 4.71. The van der Waals surface area contributed by atoms with Gasteiger partial charge in [-0.15, -0.1) is 0 Å². The second-order valence-corrected chi connectivity index (χ2v) is 6.78. The second kappa shape index (κ2) is 12.8. The largest absolute Gasteiger partial charge is 0.461 e. The van der Waals surface area contributed by atoms with E-state index in [4.69, 9.17) is 9.47 Å². The highest BCUT2D eigenvalue weighted by molar-refractivity contribution is 5.67. The third-order valence-electron chi connectivity index (χ3n) is 3.44. The standard InChI is InChI=1S/C15H15FO.C6H13NO2.C2H6/c1-3-4-5-12-6-7-13-8-9-14(16)10-15(13)17-11(12)2;1-6(2,3)9-5(8)7-4;1-2/h3-5,8-10H,1,6-7H2,2H3;1-4H3,(H,7,8);1-2H3/b5-4-;;. The van der Waals surface area contributed by atoms with Crippen LogP contribution in [0, 0.1) is 5.82 Å². The highest BCUT2D eigenvalue weighted by Gasteiger charge is 2.14. The molecule has 0 aliphatic carbocycles. The van der Waals surface area contributed by atoms with E-state index >= 15 is 0 Å². The number of hydrogen-bond donors (Lipinski definition) is 1. The van der Waals surface area contributed by atoms with Crippen LogP contribution in [0.15, 0.2) is 54.3 Å². The minimum Gasteiger partial charge on any atom is -0.461 e. The molecule has 28 heavy (non-hydrogen) atoms. The Hall–Kier alpha value is -2.56. The molecule has 1 aromatic carbocycles. The minimum atomic E-state index is -0.389. The Balaban J connectivity index is 0.000000566. The molecule has 1 aromatic rings. The molecule has 0 bridgehead atoms. The summed E-state index contributed by atoms with van der Waals surface area (Å²) in [6.07, 6.45) is 6.99. The summed E-state index contributed by atoms with van der Waals surface area (Å²) in [5, 5.41) is 2.36. The first-order valence-electron chi connectivity index (χ1n) is 9.52. The molecule has 0 spiro atoms. The molecular weight excluding hydrogens is 357 g/mol. The van der Waals surface area contributed by atoms with Crippen LogP contribution in [0.4, 0.5) is 9.18 Å². The van der Waals surface area contributed by atoms with Crippen molar-refractivity contribution in [1.82, 2.24) is 5.32 Å². The van der Waals surface area contributed by atoms with E-state index < -0.39 is 0 Å². The van der Waals surface area contributed by atoms with Gasteiger partial charge in [-0.1, -0.05) is 44.7 Å². The van der Waals surface area contributed by atoms with Gasteiger partial charge >= 0.3 is 6.09 Å². The van der Waals surface area contributed by atoms with Crippen molar-refractivity contribution < 1.29 is 18.7 Å². The van der Waals surface area contributed by atoms with Crippen molar-refractivity contribution in [1.29, 1.82) is 0 Å². The van der Waals surface area contributed by atoms with Crippen molar-refractivity contribution in [3.05, 3.63) is 65.7 Å². The summed E-state index contributed by atoms with van der Waals surface area (Å²) in [6.45, 7) is 15.0. The first kappa shape index (κ1) is 25.4. The molecule has 1 aliphatic heterocycles. The summed E-state index contributed by atoms with van der Waals surface area (Å²) in [7, 11) is 1.54. The third kappa shape index (κ3) is 9.95. The van der Waals surface area contributed by atoms with Crippen molar-refractivity contribution in [2.75, 3.05) is 7.05 Å². The number of allylic oxidation sites excluding steroid dienone is 5. The van der Waals surface area contributed by atoms with Crippen LogP contribution < -0.4 is 10.1 Å². The van der Waals surface area contributed by atoms with E-state index in [2.05, 4.69) is 11.9 Å². The van der Waals surface area contributed by atoms with E-state index in [1.165, 1.54) is 19.2 Å². The molecule has 0 aromatic heterocycles. The van der Waals surface area contributed by atoms with Crippen LogP contribution in [0.2, 0.25) is 0 Å². The predicted octanol–water partition coefficient (Wildman–Crippen LogP) is 6.33. The Morgan fingerprint density at radius 2 is 1.93 bits per heavy atom. The normalized spacial score (nSPS) is 13.0. The lowest BCUT2D eigenvalue weighted by Gasteiger charge is -2.18. The molecule has 5 heteroatoms. The molecule has 0 saturated carbocycles. The van der Waals surface area contributed by atoms with Gasteiger partial charge in [-0.25, -0.2) is 9.18 Å². The maximum absolute atomic E-state index is 13.1. The zero-order valence-electron chi connectivity index (χ0n) is 18.2. The molecule has 156 valence electrons. The zero-order valence-corrected chi connectivity index (χ0v) is 18.2. The lowest BCUT2D eigenvalue weighted by molar-refractivity contribution is 0.0541. The summed E-state index contributed by atoms with van der Waals surface area (Å²) < 4.78 is 23.7. The van der Waals surface area contributed by atoms with E-state index in [0.29, 0.717) is 5.75 Å². The number of alkyl carbamates (subject to hydrolysis) is 1. The molecular formula is C23H34FNO3. The smallest absolute Gasteiger partial charge is 0.407 e. The number of ether oxygens (including phenoxy) is 2. The van der Waals surface area contributed by atoms with Gasteiger partial charge in [0.1, 0.15) is 22.9 Å². The number of carbonyl (C=O) groups excluding carboxylic acids is 1. The van der Waals surface area contributed by atoms with Crippen molar-refractivity contribution in [3.8, 4) is 5.75 Å². The lowest BCUT2D eigenvalue weighted by atomic mass is 10.0. The topological polar surface area (TPSA) is 47.6 Å². The van der Waals surface area contributed by atoms with Crippen LogP contribution in [0.5, 0.6) is 5.75 Å². The molecule has 2 rings (SSSR count). The van der Waals surface area contributed by atoms with Crippen LogP contribution >= 0.6 is 0 Å². The Kier molecular flexibility index (Phi) is 11.6. The van der Waals surface area contributed by atoms with Crippen molar-refractivity contribution in [2.24, 2.45) is 0 Å². The van der Waals surface area contributed by atoms with Gasteiger partial charge in [-0.3, -0.25) is 0 Å². The van der Waals surface area contributed by atoms with E-state index in [-0.39, 0.29) is 17.5 Å². The summed E-state index contributed by atoms with van der Waals surface area (Å²) in [4.78, 5) is 10.5. The van der Waals surface area contributed by atoms with Crippen LogP contribution in [-0.4, -0.2) is 18.7 Å². The Morgan fingerprint density at radius 1 is 1.29 bits per heavy atom. The maximum Gasteiger partial charge on any atom is 0.407 e. The van der Waals surface area contributed by atoms with E-state index in [1.54, 1.807) is 12.1 Å². The first-order valence-corrected chi connectivity index (χ1v) is 9.52. The van der Waals surface area contributed by atoms with Crippen molar-refractivity contribution in [2.45, 2.75) is 60.0 Å². The van der Waals surface area contributed by atoms with Crippen LogP contribution in [-0.2, 0) is 11.2 Å². The number of benzene rings is 1. The first-order chi connectivity index (χ1) is 13.2. The molecule has 1 heterocycles. The second-order valence-electron chi connectivity index (χ2n) is 6.78. The molecule has 1 amide bonds. The van der Waals surface area contributed by atoms with Crippen LogP contribution in [0.3, 0.4) is 0 Å². The number of amides is 1. The molecule has 1 N–H and O–H groups in total. The van der Waals surface area contributed by atoms with Gasteiger partial charge in [-0.2, -0.15) is 0 Å². The number of rotatable bonds is 2. The number of hydrogen-bond acceptors (Lipinski definition) is 3. The van der Waals surface area contributed by atoms with Crippen molar-refractivity contribution >= 4 is 6.09 Å². The van der Waals surface area contributed by atoms with Crippen LogP contribution in [0.25, 0.3) is 0 Å². The SMILES string of the molecule is C=C/C=C\C1=C(C)Oc2cc(F)ccc2CC1.CC.CNC(=O)OC(C)(C)C. The molecule has 4 nitrogen and oxygen atoms in total. The summed E-state index contributed by atoms with van der Waals surface area (Å²) in [5.74, 6) is 1.19. The van der Waals surface area contributed by atoms with Gasteiger partial charge in [0.25, 0.3) is 0 Å². The average molecular weight is 392 g/mol. The molecule has 0 saturated heterocycles. The van der Waals surface area contributed by atoms with Gasteiger partial charge in [0.05, 0.1) is 0 Å². The minimum absolute atomic E-state index is 0.262. The summed E-state index contributed by atoms with van der Waals surface area (Å²) >= 11 is 0. The fourth-order valence-electron chi connectivity index (χ4n) is 2.22. The lowest BCUT2D eigenvalue weighted by Crippen LogP contribution is -2.30. The zero-order chi connectivity index (χ0) is 21.7. The van der Waals surface area contributed by atoms with Gasteiger partial charge in [-0.05, 0) is 57.7 Å². The van der Waals surface area contributed by atoms with E-state index in [9.17, 15) is 9.18 Å². The Bertz CT molecular complexity index is 700. The Labute approximate surface area is 169 Å². The molecule has 0 radical (unpaired) electrons. The fourth-order valence-corrected chi connectivity index (χ4v) is 2.22. The number of aryl methyl sites for hydroxylation is 1. The molecule has 1 aliphatic rings. The van der Waals surface area contributed by atoms with Crippen LogP contribution in [0.1, 0.15) is 53.5 Å². The van der Waals surface area contributed by atoms with Gasteiger partial charge in [0, 0.05) is 13.1 Å². The van der Waals surface area contributed by atoms with Gasteiger partial charge in [0.15, 0.2) is 0 Å². The monoisotopic (exact) mass is 391 g/mol. The maximum atomic E-state index is 13.1. The predicted molar refractivity (Wildman–Crippen MR) is 114 cm³/mol. The highest BCUT2D eigenvalue weighted by Crippen LogP contribution is 2.29. The number of carbonyl (C=O) groups is 1. The number of nitrogens with one attached hydrogen (secondary N) is 1. The fraction of sp³-hybridized carbons (Fsp3) is 0.435. The number of halogens is 1. The quantitative estimate of drug-likeness (QED) is 0.599. The summed E-state index contributed by atoms with van der Waals surface area (Å²) in [5.41, 5.74) is 1.79. The molecule has 0 fully saturated rings. The molecule has 0 unspecified atom stereocenters. The van der Waals surface area contributed by atoms with E-state index in [0.717, 1.165) is 29.7 Å². The Morgan fingerprint density at radius 3 is 2.43 bits per heavy atom. The van der Waals surface area contributed by atoms with Gasteiger partial charge in [0.2, 0.25) is 0 Å². The third-order valence-corrected chi connectivity index (χ3v) is 3.44. The highest BCUT2D eigenvalue weighted by atomic mass is 19.1. The molecule has 0 atom stereocenters. The van der Waals surface area contributed by atoms with Gasteiger partial charge < -0.3 is 14.8 Å². The number of fused-ring (bicyclic) bond motifs is 1.